The Labute approximate surface area is 161 Å². The van der Waals surface area contributed by atoms with Crippen LogP contribution in [0.15, 0.2) is 52.4 Å². The summed E-state index contributed by atoms with van der Waals surface area (Å²) in [5, 5.41) is 6.42. The summed E-state index contributed by atoms with van der Waals surface area (Å²) in [5.41, 5.74) is 1.15. The Balaban J connectivity index is 1.30. The fourth-order valence-electron chi connectivity index (χ4n) is 2.53. The molecule has 2 aromatic heterocycles. The van der Waals surface area contributed by atoms with Crippen LogP contribution in [0.2, 0.25) is 0 Å². The first-order valence-corrected chi connectivity index (χ1v) is 9.93. The highest BCUT2D eigenvalue weighted by atomic mass is 32.2. The Morgan fingerprint density at radius 2 is 1.89 bits per heavy atom. The lowest BCUT2D eigenvalue weighted by atomic mass is 10.1. The zero-order chi connectivity index (χ0) is 18.8. The molecule has 7 nitrogen and oxygen atoms in total. The maximum absolute atomic E-state index is 12.2. The zero-order valence-corrected chi connectivity index (χ0v) is 15.4. The van der Waals surface area contributed by atoms with E-state index in [1.54, 1.807) is 23.5 Å². The van der Waals surface area contributed by atoms with Gasteiger partial charge in [0.25, 0.3) is 11.8 Å². The summed E-state index contributed by atoms with van der Waals surface area (Å²) in [6.45, 7) is 0. The molecule has 0 unspecified atom stereocenters. The van der Waals surface area contributed by atoms with E-state index in [0.717, 1.165) is 4.88 Å². The van der Waals surface area contributed by atoms with Gasteiger partial charge in [0, 0.05) is 11.8 Å². The number of benzene rings is 1. The molecule has 0 radical (unpaired) electrons. The van der Waals surface area contributed by atoms with E-state index in [4.69, 9.17) is 9.36 Å². The Kier molecular flexibility index (Phi) is 4.78. The molecule has 0 saturated heterocycles. The molecule has 0 bridgehead atoms. The van der Waals surface area contributed by atoms with Gasteiger partial charge in [-0.05, 0) is 23.6 Å². The number of amides is 2. The molecule has 136 valence electrons. The van der Waals surface area contributed by atoms with Gasteiger partial charge < -0.3 is 9.36 Å². The molecule has 0 atom stereocenters. The maximum atomic E-state index is 12.2. The van der Waals surface area contributed by atoms with Crippen molar-refractivity contribution in [2.45, 2.75) is 5.75 Å². The van der Waals surface area contributed by atoms with Crippen molar-refractivity contribution in [3.63, 3.8) is 0 Å². The Bertz CT molecular complexity index is 977. The fraction of sp³-hybridized carbons (Fsp3) is 0.111. The van der Waals surface area contributed by atoms with Crippen LogP contribution >= 0.6 is 23.1 Å². The highest BCUT2D eigenvalue weighted by Gasteiger charge is 2.38. The summed E-state index contributed by atoms with van der Waals surface area (Å²) in [6, 6.07) is 12.0. The van der Waals surface area contributed by atoms with Crippen LogP contribution in [0.1, 0.15) is 26.4 Å². The number of thiophene rings is 1. The summed E-state index contributed by atoms with van der Waals surface area (Å²) in [4.78, 5) is 42.2. The van der Waals surface area contributed by atoms with Crippen molar-refractivity contribution in [1.82, 2.24) is 10.2 Å². The van der Waals surface area contributed by atoms with E-state index in [2.05, 4.69) is 5.16 Å². The van der Waals surface area contributed by atoms with E-state index in [1.165, 1.54) is 23.9 Å². The topological polar surface area (TPSA) is 89.7 Å². The van der Waals surface area contributed by atoms with Crippen LogP contribution in [0.3, 0.4) is 0 Å². The third-order valence-electron chi connectivity index (χ3n) is 3.74. The summed E-state index contributed by atoms with van der Waals surface area (Å²) in [5.74, 6) is -0.872. The van der Waals surface area contributed by atoms with Crippen molar-refractivity contribution >= 4 is 40.9 Å². The van der Waals surface area contributed by atoms with Gasteiger partial charge in [-0.2, -0.15) is 0 Å². The Morgan fingerprint density at radius 1 is 1.15 bits per heavy atom. The number of imide groups is 1. The maximum Gasteiger partial charge on any atom is 0.343 e. The number of hydrogen-bond donors (Lipinski definition) is 0. The van der Waals surface area contributed by atoms with Gasteiger partial charge in [0.1, 0.15) is 0 Å². The molecule has 9 heteroatoms. The first kappa shape index (κ1) is 17.5. The van der Waals surface area contributed by atoms with E-state index in [9.17, 15) is 14.4 Å². The van der Waals surface area contributed by atoms with Crippen LogP contribution in [-0.4, -0.2) is 33.8 Å². The number of carbonyl (C=O) groups is 3. The minimum Gasteiger partial charge on any atom is -0.355 e. The summed E-state index contributed by atoms with van der Waals surface area (Å²) in [7, 11) is 0. The lowest BCUT2D eigenvalue weighted by Crippen LogP contribution is -2.33. The van der Waals surface area contributed by atoms with Gasteiger partial charge in [0.2, 0.25) is 0 Å². The van der Waals surface area contributed by atoms with E-state index >= 15 is 0 Å². The number of aromatic nitrogens is 1. The molecule has 3 heterocycles. The van der Waals surface area contributed by atoms with Gasteiger partial charge in [-0.3, -0.25) is 9.59 Å². The van der Waals surface area contributed by atoms with Crippen molar-refractivity contribution in [1.29, 1.82) is 0 Å². The molecule has 0 aliphatic carbocycles. The predicted molar refractivity (Wildman–Crippen MR) is 99.0 cm³/mol. The average Bonchev–Trinajstić information content (AvgIpc) is 3.40. The van der Waals surface area contributed by atoms with E-state index in [0.29, 0.717) is 22.3 Å². The number of hydroxylamine groups is 2. The quantitative estimate of drug-likeness (QED) is 0.586. The van der Waals surface area contributed by atoms with Crippen molar-refractivity contribution in [2.75, 3.05) is 5.75 Å². The first-order valence-electron chi connectivity index (χ1n) is 7.89. The Morgan fingerprint density at radius 3 is 2.56 bits per heavy atom. The van der Waals surface area contributed by atoms with Gasteiger partial charge in [-0.15, -0.1) is 23.1 Å². The van der Waals surface area contributed by atoms with E-state index in [1.807, 2.05) is 23.6 Å². The molecule has 0 N–H and O–H groups in total. The lowest BCUT2D eigenvalue weighted by molar-refractivity contribution is -0.165. The molecule has 0 spiro atoms. The number of carbonyl (C=O) groups excluding carboxylic acids is 3. The SMILES string of the molecule is O=C(CSCc1cc(-c2cccs2)on1)ON1C(=O)c2ccccc2C1=O. The van der Waals surface area contributed by atoms with E-state index < -0.39 is 17.8 Å². The molecule has 0 fully saturated rings. The number of fused-ring (bicyclic) bond motifs is 1. The van der Waals surface area contributed by atoms with Gasteiger partial charge in [0.15, 0.2) is 5.76 Å². The second-order valence-electron chi connectivity index (χ2n) is 5.57. The van der Waals surface area contributed by atoms with E-state index in [-0.39, 0.29) is 16.9 Å². The van der Waals surface area contributed by atoms with Crippen LogP contribution in [0.4, 0.5) is 0 Å². The van der Waals surface area contributed by atoms with Crippen molar-refractivity contribution in [3.05, 3.63) is 64.7 Å². The molecule has 3 aromatic rings. The number of hydrogen-bond acceptors (Lipinski definition) is 8. The van der Waals surface area contributed by atoms with Crippen LogP contribution < -0.4 is 0 Å². The predicted octanol–water partition coefficient (Wildman–Crippen LogP) is 3.39. The fourth-order valence-corrected chi connectivity index (χ4v) is 3.87. The molecule has 1 aliphatic heterocycles. The highest BCUT2D eigenvalue weighted by molar-refractivity contribution is 7.99. The van der Waals surface area contributed by atoms with Gasteiger partial charge in [0.05, 0.1) is 27.5 Å². The van der Waals surface area contributed by atoms with Crippen LogP contribution in [0.5, 0.6) is 0 Å². The zero-order valence-electron chi connectivity index (χ0n) is 13.8. The van der Waals surface area contributed by atoms with Crippen LogP contribution in [0, 0.1) is 0 Å². The minimum atomic E-state index is -0.684. The monoisotopic (exact) mass is 400 g/mol. The standard InChI is InChI=1S/C18H12N2O5S2/c21-16(25-20-17(22)12-4-1-2-5-13(12)18(20)23)10-26-9-11-8-14(24-19-11)15-6-3-7-27-15/h1-8H,9-10H2. The average molecular weight is 400 g/mol. The molecule has 27 heavy (non-hydrogen) atoms. The van der Waals surface area contributed by atoms with Crippen LogP contribution in [-0.2, 0) is 15.4 Å². The van der Waals surface area contributed by atoms with Crippen molar-refractivity contribution < 1.29 is 23.7 Å². The lowest BCUT2D eigenvalue weighted by Gasteiger charge is -2.12. The first-order chi connectivity index (χ1) is 13.1. The molecule has 1 aromatic carbocycles. The number of thioether (sulfide) groups is 1. The molecule has 2 amide bonds. The van der Waals surface area contributed by atoms with Gasteiger partial charge in [-0.1, -0.05) is 28.4 Å². The van der Waals surface area contributed by atoms with Crippen molar-refractivity contribution in [3.8, 4) is 10.6 Å². The van der Waals surface area contributed by atoms with Gasteiger partial charge >= 0.3 is 5.97 Å². The minimum absolute atomic E-state index is 0.0331. The summed E-state index contributed by atoms with van der Waals surface area (Å²) in [6.07, 6.45) is 0. The molecule has 4 rings (SSSR count). The molecular weight excluding hydrogens is 388 g/mol. The Hall–Kier alpha value is -2.91. The highest BCUT2D eigenvalue weighted by Crippen LogP contribution is 2.27. The molecule has 1 aliphatic rings. The number of rotatable bonds is 6. The normalized spacial score (nSPS) is 13.1. The second-order valence-corrected chi connectivity index (χ2v) is 7.50. The molecule has 0 saturated carbocycles. The number of nitrogens with zero attached hydrogens (tertiary/aromatic N) is 2. The molecular formula is C18H12N2O5S2. The third kappa shape index (κ3) is 3.51. The summed E-state index contributed by atoms with van der Waals surface area (Å²) < 4.78 is 5.27. The largest absolute Gasteiger partial charge is 0.355 e. The summed E-state index contributed by atoms with van der Waals surface area (Å²) >= 11 is 2.80. The third-order valence-corrected chi connectivity index (χ3v) is 5.57. The van der Waals surface area contributed by atoms with Crippen molar-refractivity contribution in [2.24, 2.45) is 0 Å². The second kappa shape index (κ2) is 7.37. The smallest absolute Gasteiger partial charge is 0.343 e. The van der Waals surface area contributed by atoms with Gasteiger partial charge in [-0.25, -0.2) is 4.79 Å². The van der Waals surface area contributed by atoms with Crippen LogP contribution in [0.25, 0.3) is 10.6 Å².